The third kappa shape index (κ3) is 4.46. The Hall–Kier alpha value is -2.55. The molecule has 3 atom stereocenters. The van der Waals surface area contributed by atoms with Crippen molar-refractivity contribution in [1.29, 1.82) is 0 Å². The lowest BCUT2D eigenvalue weighted by atomic mass is 10.0. The highest BCUT2D eigenvalue weighted by atomic mass is 32.2. The fraction of sp³-hybridized carbons (Fsp3) is 0.300. The van der Waals surface area contributed by atoms with Gasteiger partial charge in [-0.05, 0) is 24.6 Å². The number of hydrogen-bond donors (Lipinski definition) is 1. The fourth-order valence-corrected chi connectivity index (χ4v) is 3.51. The quantitative estimate of drug-likeness (QED) is 0.314. The Bertz CT molecular complexity index is 803. The van der Waals surface area contributed by atoms with Crippen molar-refractivity contribution < 1.29 is 28.3 Å². The summed E-state index contributed by atoms with van der Waals surface area (Å²) >= 11 is 0.797. The third-order valence-corrected chi connectivity index (χ3v) is 5.29. The lowest BCUT2D eigenvalue weighted by Gasteiger charge is -2.28. The summed E-state index contributed by atoms with van der Waals surface area (Å²) in [7, 11) is 1.26. The molecule has 0 spiro atoms. The first kappa shape index (κ1) is 20.2. The maximum Gasteiger partial charge on any atom is 0.331 e. The van der Waals surface area contributed by atoms with Crippen LogP contribution < -0.4 is 10.2 Å². The molecule has 2 aromatic rings. The monoisotopic (exact) mass is 403 g/mol. The molecule has 1 N–H and O–H groups in total. The van der Waals surface area contributed by atoms with E-state index in [1.54, 1.807) is 31.2 Å². The second kappa shape index (κ2) is 9.09. The molecule has 0 radical (unpaired) electrons. The van der Waals surface area contributed by atoms with E-state index in [2.05, 4.69) is 5.32 Å². The molecule has 28 heavy (non-hydrogen) atoms. The molecule has 0 bridgehead atoms. The molecule has 3 rings (SSSR count). The van der Waals surface area contributed by atoms with Gasteiger partial charge in [0.2, 0.25) is 5.91 Å². The van der Waals surface area contributed by atoms with Gasteiger partial charge in [-0.3, -0.25) is 4.79 Å². The molecule has 0 aliphatic carbocycles. The van der Waals surface area contributed by atoms with Gasteiger partial charge < -0.3 is 19.7 Å². The van der Waals surface area contributed by atoms with Gasteiger partial charge in [0.15, 0.2) is 16.5 Å². The zero-order valence-corrected chi connectivity index (χ0v) is 16.3. The second-order valence-electron chi connectivity index (χ2n) is 6.35. The minimum Gasteiger partial charge on any atom is -0.467 e. The average molecular weight is 403 g/mol. The Morgan fingerprint density at radius 2 is 1.75 bits per heavy atom. The normalized spacial score (nSPS) is 23.9. The molecule has 3 unspecified atom stereocenters. The SMILES string of the molecule is COC(=O)C1NC(=O)C(C)(SOOc2ccccc2)C1OCc1ccccc1. The molecule has 1 saturated heterocycles. The van der Waals surface area contributed by atoms with Crippen LogP contribution in [0, 0.1) is 0 Å². The lowest BCUT2D eigenvalue weighted by molar-refractivity contribution is -0.147. The lowest BCUT2D eigenvalue weighted by Crippen LogP contribution is -2.46. The summed E-state index contributed by atoms with van der Waals surface area (Å²) < 4.78 is 14.8. The van der Waals surface area contributed by atoms with Gasteiger partial charge in [-0.25, -0.2) is 4.79 Å². The Morgan fingerprint density at radius 1 is 1.11 bits per heavy atom. The summed E-state index contributed by atoms with van der Waals surface area (Å²) in [5, 5.41) is 2.64. The number of methoxy groups -OCH3 is 1. The van der Waals surface area contributed by atoms with E-state index in [-0.39, 0.29) is 6.61 Å². The molecule has 148 valence electrons. The largest absolute Gasteiger partial charge is 0.467 e. The van der Waals surface area contributed by atoms with E-state index in [0.717, 1.165) is 17.6 Å². The van der Waals surface area contributed by atoms with Crippen LogP contribution in [-0.2, 0) is 30.0 Å². The maximum atomic E-state index is 12.6. The number of rotatable bonds is 8. The fourth-order valence-electron chi connectivity index (χ4n) is 2.82. The number of carbonyl (C=O) groups excluding carboxylic acids is 2. The van der Waals surface area contributed by atoms with E-state index in [1.165, 1.54) is 7.11 Å². The molecule has 1 fully saturated rings. The smallest absolute Gasteiger partial charge is 0.331 e. The highest BCUT2D eigenvalue weighted by Crippen LogP contribution is 2.38. The molecule has 1 amide bonds. The van der Waals surface area contributed by atoms with E-state index >= 15 is 0 Å². The van der Waals surface area contributed by atoms with Crippen molar-refractivity contribution in [3.63, 3.8) is 0 Å². The molecule has 2 aromatic carbocycles. The minimum atomic E-state index is -1.22. The van der Waals surface area contributed by atoms with Gasteiger partial charge in [-0.2, -0.15) is 0 Å². The van der Waals surface area contributed by atoms with E-state index in [0.29, 0.717) is 5.75 Å². The summed E-state index contributed by atoms with van der Waals surface area (Å²) in [5.74, 6) is -0.495. The summed E-state index contributed by atoms with van der Waals surface area (Å²) in [6.07, 6.45) is -0.822. The van der Waals surface area contributed by atoms with Gasteiger partial charge in [0, 0.05) is 0 Å². The summed E-state index contributed by atoms with van der Waals surface area (Å²) in [4.78, 5) is 30.0. The first-order valence-electron chi connectivity index (χ1n) is 8.66. The first-order chi connectivity index (χ1) is 13.5. The Kier molecular flexibility index (Phi) is 6.56. The number of nitrogens with one attached hydrogen (secondary N) is 1. The van der Waals surface area contributed by atoms with Crippen LogP contribution >= 0.6 is 12.0 Å². The Labute approximate surface area is 167 Å². The number of esters is 1. The molecule has 0 aromatic heterocycles. The number of para-hydroxylation sites is 1. The van der Waals surface area contributed by atoms with Crippen LogP contribution in [0.2, 0.25) is 0 Å². The van der Waals surface area contributed by atoms with Crippen molar-refractivity contribution in [1.82, 2.24) is 5.32 Å². The van der Waals surface area contributed by atoms with Crippen molar-refractivity contribution in [3.8, 4) is 5.75 Å². The van der Waals surface area contributed by atoms with Crippen molar-refractivity contribution in [2.75, 3.05) is 7.11 Å². The van der Waals surface area contributed by atoms with Gasteiger partial charge >= 0.3 is 5.97 Å². The Morgan fingerprint density at radius 3 is 2.39 bits per heavy atom. The number of ether oxygens (including phenoxy) is 2. The van der Waals surface area contributed by atoms with Crippen LogP contribution in [0.3, 0.4) is 0 Å². The number of benzene rings is 2. The van der Waals surface area contributed by atoms with Crippen molar-refractivity contribution in [3.05, 3.63) is 66.2 Å². The van der Waals surface area contributed by atoms with Crippen LogP contribution in [0.1, 0.15) is 12.5 Å². The van der Waals surface area contributed by atoms with E-state index in [4.69, 9.17) is 18.7 Å². The summed E-state index contributed by atoms with van der Waals surface area (Å²) in [5.41, 5.74) is 0.916. The van der Waals surface area contributed by atoms with Gasteiger partial charge in [-0.1, -0.05) is 48.5 Å². The van der Waals surface area contributed by atoms with Gasteiger partial charge in [0.05, 0.1) is 25.8 Å². The van der Waals surface area contributed by atoms with E-state index < -0.39 is 28.8 Å². The molecule has 1 aliphatic rings. The topological polar surface area (TPSA) is 83.1 Å². The predicted molar refractivity (Wildman–Crippen MR) is 103 cm³/mol. The van der Waals surface area contributed by atoms with Crippen molar-refractivity contribution in [2.24, 2.45) is 0 Å². The van der Waals surface area contributed by atoms with Gasteiger partial charge in [0.1, 0.15) is 6.10 Å². The molecule has 7 nitrogen and oxygen atoms in total. The van der Waals surface area contributed by atoms with Crippen LogP contribution in [0.5, 0.6) is 5.75 Å². The average Bonchev–Trinajstić information content (AvgIpc) is 2.98. The number of hydrogen-bond acceptors (Lipinski definition) is 7. The molecule has 1 aliphatic heterocycles. The zero-order valence-electron chi connectivity index (χ0n) is 15.5. The summed E-state index contributed by atoms with van der Waals surface area (Å²) in [6.45, 7) is 1.86. The number of amides is 1. The Balaban J connectivity index is 1.72. The zero-order chi connectivity index (χ0) is 20.0. The second-order valence-corrected chi connectivity index (χ2v) is 7.50. The van der Waals surface area contributed by atoms with E-state index in [9.17, 15) is 9.59 Å². The minimum absolute atomic E-state index is 0.226. The standard InChI is InChI=1S/C20H21NO6S/c1-20(28-27-26-15-11-7-4-8-12-15)17(16(18(22)24-2)21-19(20)23)25-13-14-9-5-3-6-10-14/h3-12,16-17H,13H2,1-2H3,(H,21,23). The maximum absolute atomic E-state index is 12.6. The third-order valence-electron chi connectivity index (χ3n) is 4.39. The van der Waals surface area contributed by atoms with Crippen LogP contribution in [0.4, 0.5) is 0 Å². The van der Waals surface area contributed by atoms with E-state index in [1.807, 2.05) is 36.4 Å². The highest BCUT2D eigenvalue weighted by molar-refractivity contribution is 7.96. The van der Waals surface area contributed by atoms with Crippen molar-refractivity contribution >= 4 is 23.9 Å². The molecule has 8 heteroatoms. The number of carbonyl (C=O) groups is 2. The molecular weight excluding hydrogens is 382 g/mol. The van der Waals surface area contributed by atoms with Crippen LogP contribution in [0.25, 0.3) is 0 Å². The van der Waals surface area contributed by atoms with Gasteiger partial charge in [0.25, 0.3) is 0 Å². The first-order valence-corrected chi connectivity index (χ1v) is 9.40. The van der Waals surface area contributed by atoms with Crippen molar-refractivity contribution in [2.45, 2.75) is 30.4 Å². The highest BCUT2D eigenvalue weighted by Gasteiger charge is 2.58. The molecule has 0 saturated carbocycles. The predicted octanol–water partition coefficient (Wildman–Crippen LogP) is 2.66. The van der Waals surface area contributed by atoms with Crippen LogP contribution in [-0.4, -0.2) is 35.9 Å². The van der Waals surface area contributed by atoms with Crippen LogP contribution in [0.15, 0.2) is 60.7 Å². The molecular formula is C20H21NO6S. The molecule has 1 heterocycles. The summed E-state index contributed by atoms with van der Waals surface area (Å²) in [6, 6.07) is 17.4. The van der Waals surface area contributed by atoms with Gasteiger partial charge in [-0.15, -0.1) is 4.33 Å².